The number of likely N-dealkylation sites (tertiary alicyclic amines) is 1. The Kier molecular flexibility index (Phi) is 3.68. The lowest BCUT2D eigenvalue weighted by molar-refractivity contribution is 0.176. The maximum atomic E-state index is 14.6. The predicted octanol–water partition coefficient (Wildman–Crippen LogP) is 2.95. The molecule has 0 spiro atoms. The number of halogens is 2. The van der Waals surface area contributed by atoms with E-state index in [1.165, 1.54) is 21.8 Å². The minimum Gasteiger partial charge on any atom is -0.391 e. The maximum Gasteiger partial charge on any atom is 0.322 e. The normalized spacial score (nSPS) is 29.3. The highest BCUT2D eigenvalue weighted by Crippen LogP contribution is 2.37. The molecule has 31 heavy (non-hydrogen) atoms. The van der Waals surface area contributed by atoms with E-state index in [1.807, 2.05) is 0 Å². The van der Waals surface area contributed by atoms with Gasteiger partial charge in [0.1, 0.15) is 23.1 Å². The Bertz CT molecular complexity index is 1360. The second-order valence-corrected chi connectivity index (χ2v) is 7.21. The number of hydrogen-bond donors (Lipinski definition) is 2. The molecule has 2 N–H and O–H groups in total. The van der Waals surface area contributed by atoms with E-state index in [4.69, 9.17) is 6.85 Å². The Morgan fingerprint density at radius 1 is 1.32 bits per heavy atom. The molecule has 0 saturated carbocycles. The number of nitrogens with one attached hydrogen (secondary N) is 1. The Balaban J connectivity index is 1.49. The molecule has 2 atom stereocenters. The van der Waals surface area contributed by atoms with Crippen LogP contribution in [-0.2, 0) is 0 Å². The number of aliphatic hydroxyl groups excluding tert-OH is 1. The fourth-order valence-corrected chi connectivity index (χ4v) is 3.74. The van der Waals surface area contributed by atoms with Crippen molar-refractivity contribution in [2.45, 2.75) is 31.4 Å². The molecule has 0 aliphatic carbocycles. The minimum absolute atomic E-state index is 0.0292. The predicted molar refractivity (Wildman–Crippen MR) is 110 cm³/mol. The molecular formula is C21H22F2N6O2. The average Bonchev–Trinajstić information content (AvgIpc) is 3.42. The minimum atomic E-state index is -2.65. The van der Waals surface area contributed by atoms with Crippen LogP contribution in [0.3, 0.4) is 0 Å². The van der Waals surface area contributed by atoms with E-state index < -0.39 is 49.2 Å². The number of urea groups is 1. The number of carbonyl (C=O) groups is 1. The first-order valence-corrected chi connectivity index (χ1v) is 9.71. The quantitative estimate of drug-likeness (QED) is 0.663. The number of benzene rings is 1. The smallest absolute Gasteiger partial charge is 0.322 e. The second kappa shape index (κ2) is 7.77. The number of β-amino-alcohol motifs (C(OH)–C–C–N with tert-alkyl or cyclic N) is 1. The Hall–Kier alpha value is -3.27. The van der Waals surface area contributed by atoms with Crippen LogP contribution in [0.4, 0.5) is 25.1 Å². The van der Waals surface area contributed by atoms with Crippen LogP contribution in [0.2, 0.25) is 0 Å². The van der Waals surface area contributed by atoms with Crippen LogP contribution in [-0.4, -0.2) is 56.3 Å². The third-order valence-electron chi connectivity index (χ3n) is 5.16. The van der Waals surface area contributed by atoms with E-state index >= 15 is 0 Å². The third kappa shape index (κ3) is 3.67. The van der Waals surface area contributed by atoms with Gasteiger partial charge in [-0.1, -0.05) is 0 Å². The first-order valence-electron chi connectivity index (χ1n) is 12.2. The van der Waals surface area contributed by atoms with Gasteiger partial charge in [0.2, 0.25) is 0 Å². The van der Waals surface area contributed by atoms with Gasteiger partial charge in [-0.05, 0) is 43.5 Å². The standard InChI is InChI=1S/C21H22F2N6O2/c22-13-3-4-16(23)15(10-13)18-2-1-7-28(18)19-6-9-29-20(26-19)17(11-24-29)25-21(31)27-8-5-14(30)12-27/h3-4,6,9-11,14,18,30H,1-2,5,7-8,12H2,(H,25,31)/t14-,18+/m0/s1/i8D2,12D2,18D. The summed E-state index contributed by atoms with van der Waals surface area (Å²) in [6.45, 7) is -4.75. The number of aromatic nitrogens is 3. The zero-order valence-corrected chi connectivity index (χ0v) is 16.2. The number of aliphatic hydroxyl groups is 1. The van der Waals surface area contributed by atoms with Crippen molar-refractivity contribution in [2.24, 2.45) is 0 Å². The summed E-state index contributed by atoms with van der Waals surface area (Å²) in [6.07, 6.45) is 1.19. The average molecular weight is 433 g/mol. The number of amides is 2. The van der Waals surface area contributed by atoms with Gasteiger partial charge in [-0.2, -0.15) is 5.10 Å². The highest BCUT2D eigenvalue weighted by Gasteiger charge is 2.30. The molecule has 3 aromatic rings. The number of fused-ring (bicyclic) bond motifs is 1. The van der Waals surface area contributed by atoms with Crippen molar-refractivity contribution in [3.05, 3.63) is 53.9 Å². The molecule has 5 rings (SSSR count). The zero-order chi connectivity index (χ0) is 26.0. The van der Waals surface area contributed by atoms with Gasteiger partial charge in [0.05, 0.1) is 22.4 Å². The lowest BCUT2D eigenvalue weighted by Crippen LogP contribution is -2.33. The van der Waals surface area contributed by atoms with Crippen LogP contribution in [0.1, 0.15) is 37.7 Å². The van der Waals surface area contributed by atoms with Crippen molar-refractivity contribution in [1.82, 2.24) is 19.5 Å². The highest BCUT2D eigenvalue weighted by atomic mass is 19.1. The molecule has 0 unspecified atom stereocenters. The topological polar surface area (TPSA) is 86.0 Å². The second-order valence-electron chi connectivity index (χ2n) is 7.21. The fourth-order valence-electron chi connectivity index (χ4n) is 3.74. The summed E-state index contributed by atoms with van der Waals surface area (Å²) in [6, 6.07) is 1.74. The van der Waals surface area contributed by atoms with Gasteiger partial charge >= 0.3 is 6.03 Å². The molecule has 10 heteroatoms. The monoisotopic (exact) mass is 433 g/mol. The summed E-state index contributed by atoms with van der Waals surface area (Å²) in [4.78, 5) is 19.2. The van der Waals surface area contributed by atoms with Crippen molar-refractivity contribution in [1.29, 1.82) is 0 Å². The summed E-state index contributed by atoms with van der Waals surface area (Å²) in [7, 11) is 0. The molecule has 2 saturated heterocycles. The molecule has 2 aromatic heterocycles. The van der Waals surface area contributed by atoms with E-state index in [9.17, 15) is 18.7 Å². The number of carbonyl (C=O) groups excluding carboxylic acids is 1. The van der Waals surface area contributed by atoms with Gasteiger partial charge in [0, 0.05) is 34.0 Å². The largest absolute Gasteiger partial charge is 0.391 e. The van der Waals surface area contributed by atoms with Crippen LogP contribution in [0, 0.1) is 11.6 Å². The fraction of sp³-hybridized carbons (Fsp3) is 0.381. The van der Waals surface area contributed by atoms with Crippen molar-refractivity contribution >= 4 is 23.2 Å². The van der Waals surface area contributed by atoms with Gasteiger partial charge in [0.15, 0.2) is 5.65 Å². The third-order valence-corrected chi connectivity index (χ3v) is 5.16. The van der Waals surface area contributed by atoms with E-state index in [-0.39, 0.29) is 29.1 Å². The zero-order valence-electron chi connectivity index (χ0n) is 21.2. The van der Waals surface area contributed by atoms with Crippen molar-refractivity contribution in [3.8, 4) is 0 Å². The van der Waals surface area contributed by atoms with E-state index in [2.05, 4.69) is 15.4 Å². The molecule has 8 nitrogen and oxygen atoms in total. The number of anilines is 2. The van der Waals surface area contributed by atoms with Crippen LogP contribution in [0.25, 0.3) is 5.65 Å². The number of nitrogens with zero attached hydrogens (tertiary/aromatic N) is 5. The molecule has 0 bridgehead atoms. The molecule has 4 heterocycles. The van der Waals surface area contributed by atoms with Gasteiger partial charge in [-0.3, -0.25) is 0 Å². The molecule has 0 radical (unpaired) electrons. The summed E-state index contributed by atoms with van der Waals surface area (Å²) < 4.78 is 70.6. The van der Waals surface area contributed by atoms with Gasteiger partial charge in [0.25, 0.3) is 0 Å². The molecule has 1 aromatic carbocycles. The summed E-state index contributed by atoms with van der Waals surface area (Å²) in [5.41, 5.74) is 0.0120. The SMILES string of the molecule is [2H]C1([2H])C[C@H](O)C([2H])([2H])N1C(=O)Nc1cnn2ccc(N3CCC[C@]3([2H])c3cc(F)ccc3F)nc12. The molecule has 2 aliphatic heterocycles. The van der Waals surface area contributed by atoms with Gasteiger partial charge in [-0.15, -0.1) is 0 Å². The first kappa shape index (κ1) is 14.7. The lowest BCUT2D eigenvalue weighted by atomic mass is 10.0. The molecule has 162 valence electrons. The Morgan fingerprint density at radius 2 is 2.19 bits per heavy atom. The lowest BCUT2D eigenvalue weighted by Gasteiger charge is -2.26. The molecule has 2 amide bonds. The summed E-state index contributed by atoms with van der Waals surface area (Å²) in [5, 5.41) is 16.4. The molecule has 2 aliphatic rings. The van der Waals surface area contributed by atoms with Crippen LogP contribution < -0.4 is 10.2 Å². The summed E-state index contributed by atoms with van der Waals surface area (Å²) in [5.74, 6) is -1.13. The van der Waals surface area contributed by atoms with Crippen molar-refractivity contribution in [2.75, 3.05) is 29.8 Å². The van der Waals surface area contributed by atoms with Crippen LogP contribution in [0.5, 0.6) is 0 Å². The summed E-state index contributed by atoms with van der Waals surface area (Å²) >= 11 is 0. The van der Waals surface area contributed by atoms with Gasteiger partial charge < -0.3 is 20.2 Å². The maximum absolute atomic E-state index is 14.6. The first-order chi connectivity index (χ1) is 16.8. The Labute approximate surface area is 184 Å². The van der Waals surface area contributed by atoms with Crippen LogP contribution >= 0.6 is 0 Å². The van der Waals surface area contributed by atoms with E-state index in [0.717, 1.165) is 18.2 Å². The van der Waals surface area contributed by atoms with Gasteiger partial charge in [-0.25, -0.2) is 23.1 Å². The van der Waals surface area contributed by atoms with Crippen LogP contribution in [0.15, 0.2) is 36.7 Å². The molecular weight excluding hydrogens is 406 g/mol. The molecule has 2 fully saturated rings. The van der Waals surface area contributed by atoms with Crippen molar-refractivity contribution in [3.63, 3.8) is 0 Å². The van der Waals surface area contributed by atoms with E-state index in [1.54, 1.807) is 6.07 Å². The Morgan fingerprint density at radius 3 is 3.00 bits per heavy atom. The van der Waals surface area contributed by atoms with Crippen molar-refractivity contribution < 1.29 is 25.5 Å². The van der Waals surface area contributed by atoms with E-state index in [0.29, 0.717) is 17.9 Å². The number of rotatable bonds is 3. The number of hydrogen-bond acceptors (Lipinski definition) is 5. The highest BCUT2D eigenvalue weighted by molar-refractivity contribution is 5.93.